The molecule has 0 aromatic heterocycles. The second-order valence-electron chi connectivity index (χ2n) is 4.93. The van der Waals surface area contributed by atoms with E-state index in [4.69, 9.17) is 0 Å². The fourth-order valence-corrected chi connectivity index (χ4v) is 1.81. The van der Waals surface area contributed by atoms with Crippen LogP contribution in [0.5, 0.6) is 0 Å². The van der Waals surface area contributed by atoms with E-state index in [1.54, 1.807) is 18.3 Å². The highest BCUT2D eigenvalue weighted by Gasteiger charge is 2.27. The first-order valence-electron chi connectivity index (χ1n) is 6.71. The fourth-order valence-electron chi connectivity index (χ4n) is 1.81. The number of rotatable bonds is 4. The molecule has 2 aromatic rings. The van der Waals surface area contributed by atoms with Gasteiger partial charge < -0.3 is 0 Å². The number of hydrogen-bond donors (Lipinski definition) is 0. The molecule has 0 N–H and O–H groups in total. The smallest absolute Gasteiger partial charge is 0.171 e. The molecule has 0 amide bonds. The number of aryl methyl sites for hydroxylation is 1. The van der Waals surface area contributed by atoms with E-state index in [2.05, 4.69) is 10.2 Å². The quantitative estimate of drug-likeness (QED) is 0.584. The van der Waals surface area contributed by atoms with Crippen molar-refractivity contribution < 1.29 is 13.2 Å². The molecule has 2 rings (SSSR count). The fraction of sp³-hybridized carbons (Fsp3) is 0.176. The molecule has 22 heavy (non-hydrogen) atoms. The Morgan fingerprint density at radius 3 is 1.73 bits per heavy atom. The maximum Gasteiger partial charge on any atom is 0.393 e. The van der Waals surface area contributed by atoms with Crippen molar-refractivity contribution in [2.75, 3.05) is 0 Å². The highest BCUT2D eigenvalue weighted by molar-refractivity contribution is 5.82. The maximum atomic E-state index is 12.2. The van der Waals surface area contributed by atoms with Gasteiger partial charge in [0.1, 0.15) is 0 Å². The average Bonchev–Trinajstić information content (AvgIpc) is 2.45. The topological polar surface area (TPSA) is 24.7 Å². The van der Waals surface area contributed by atoms with Gasteiger partial charge >= 0.3 is 6.18 Å². The van der Waals surface area contributed by atoms with E-state index in [-0.39, 0.29) is 5.56 Å². The molecular formula is C17H15F3N2. The van der Waals surface area contributed by atoms with E-state index < -0.39 is 12.6 Å². The van der Waals surface area contributed by atoms with Crippen LogP contribution in [0, 0.1) is 6.92 Å². The molecule has 0 atom stereocenters. The lowest BCUT2D eigenvalue weighted by Crippen LogP contribution is -2.11. The Morgan fingerprint density at radius 2 is 1.27 bits per heavy atom. The highest BCUT2D eigenvalue weighted by Crippen LogP contribution is 2.21. The predicted molar refractivity (Wildman–Crippen MR) is 82.6 cm³/mol. The van der Waals surface area contributed by atoms with Gasteiger partial charge in [-0.25, -0.2) is 0 Å². The lowest BCUT2D eigenvalue weighted by Gasteiger charge is -2.05. The van der Waals surface area contributed by atoms with Crippen LogP contribution in [0.4, 0.5) is 13.2 Å². The van der Waals surface area contributed by atoms with Gasteiger partial charge in [0, 0.05) is 0 Å². The van der Waals surface area contributed by atoms with Gasteiger partial charge in [-0.1, -0.05) is 54.1 Å². The molecule has 2 aromatic carbocycles. The summed E-state index contributed by atoms with van der Waals surface area (Å²) in [5.41, 5.74) is 3.03. The highest BCUT2D eigenvalue weighted by atomic mass is 19.4. The second-order valence-corrected chi connectivity index (χ2v) is 4.93. The molecule has 0 saturated heterocycles. The van der Waals surface area contributed by atoms with E-state index in [1.165, 1.54) is 23.9 Å². The average molecular weight is 304 g/mol. The second kappa shape index (κ2) is 7.02. The molecule has 0 bridgehead atoms. The Bertz CT molecular complexity index is 654. The normalized spacial score (nSPS) is 12.4. The van der Waals surface area contributed by atoms with Crippen molar-refractivity contribution in [3.63, 3.8) is 0 Å². The predicted octanol–water partition coefficient (Wildman–Crippen LogP) is 4.55. The third-order valence-electron chi connectivity index (χ3n) is 2.94. The number of benzene rings is 2. The molecule has 0 unspecified atom stereocenters. The summed E-state index contributed by atoms with van der Waals surface area (Å²) in [5.74, 6) is 0. The SMILES string of the molecule is Cc1ccc(C=NN=Cc2ccc(CC(F)(F)F)cc2)cc1. The molecule has 0 aliphatic heterocycles. The van der Waals surface area contributed by atoms with Crippen LogP contribution in [0.2, 0.25) is 0 Å². The van der Waals surface area contributed by atoms with Crippen LogP contribution in [0.3, 0.4) is 0 Å². The minimum Gasteiger partial charge on any atom is -0.171 e. The van der Waals surface area contributed by atoms with Crippen LogP contribution < -0.4 is 0 Å². The molecule has 114 valence electrons. The summed E-state index contributed by atoms with van der Waals surface area (Å²) < 4.78 is 36.7. The summed E-state index contributed by atoms with van der Waals surface area (Å²) in [6.07, 6.45) is -1.99. The molecule has 0 heterocycles. The Kier molecular flexibility index (Phi) is 5.09. The third kappa shape index (κ3) is 5.52. The van der Waals surface area contributed by atoms with Crippen LogP contribution >= 0.6 is 0 Å². The summed E-state index contributed by atoms with van der Waals surface area (Å²) >= 11 is 0. The molecule has 2 nitrogen and oxygen atoms in total. The van der Waals surface area contributed by atoms with Crippen molar-refractivity contribution in [2.45, 2.75) is 19.5 Å². The monoisotopic (exact) mass is 304 g/mol. The summed E-state index contributed by atoms with van der Waals surface area (Å²) in [7, 11) is 0. The standard InChI is InChI=1S/C17H15F3N2/c1-13-2-4-15(5-3-13)11-21-22-12-16-8-6-14(7-9-16)10-17(18,19)20/h2-9,11-12H,10H2,1H3. The van der Waals surface area contributed by atoms with Crippen molar-refractivity contribution >= 4 is 12.4 Å². The zero-order chi connectivity index (χ0) is 16.0. The van der Waals surface area contributed by atoms with Gasteiger partial charge in [-0.15, -0.1) is 0 Å². The number of nitrogens with zero attached hydrogens (tertiary/aromatic N) is 2. The van der Waals surface area contributed by atoms with Gasteiger partial charge in [0.05, 0.1) is 18.9 Å². The lowest BCUT2D eigenvalue weighted by molar-refractivity contribution is -0.127. The summed E-state index contributed by atoms with van der Waals surface area (Å²) in [4.78, 5) is 0. The van der Waals surface area contributed by atoms with E-state index in [0.29, 0.717) is 5.56 Å². The molecule has 0 spiro atoms. The molecule has 5 heteroatoms. The van der Waals surface area contributed by atoms with Crippen molar-refractivity contribution in [1.29, 1.82) is 0 Å². The molecule has 0 fully saturated rings. The van der Waals surface area contributed by atoms with E-state index in [0.717, 1.165) is 5.56 Å². The zero-order valence-electron chi connectivity index (χ0n) is 12.0. The van der Waals surface area contributed by atoms with Crippen LogP contribution in [-0.4, -0.2) is 18.6 Å². The van der Waals surface area contributed by atoms with Gasteiger partial charge in [-0.3, -0.25) is 0 Å². The van der Waals surface area contributed by atoms with Crippen molar-refractivity contribution in [2.24, 2.45) is 10.2 Å². The third-order valence-corrected chi connectivity index (χ3v) is 2.94. The minimum atomic E-state index is -4.19. The molecule has 0 aliphatic rings. The Balaban J connectivity index is 1.94. The van der Waals surface area contributed by atoms with Crippen LogP contribution in [0.15, 0.2) is 58.7 Å². The molecule has 0 aliphatic carbocycles. The Labute approximate surface area is 127 Å². The Hall–Kier alpha value is -2.43. The van der Waals surface area contributed by atoms with Gasteiger partial charge in [-0.05, 0) is 23.6 Å². The molecular weight excluding hydrogens is 289 g/mol. The van der Waals surface area contributed by atoms with Gasteiger partial charge in [-0.2, -0.15) is 23.4 Å². The largest absolute Gasteiger partial charge is 0.393 e. The van der Waals surface area contributed by atoms with Gasteiger partial charge in [0.25, 0.3) is 0 Å². The summed E-state index contributed by atoms with van der Waals surface area (Å²) in [6, 6.07) is 13.9. The van der Waals surface area contributed by atoms with E-state index in [1.807, 2.05) is 31.2 Å². The first-order valence-corrected chi connectivity index (χ1v) is 6.71. The molecule has 0 saturated carbocycles. The zero-order valence-corrected chi connectivity index (χ0v) is 12.0. The van der Waals surface area contributed by atoms with Crippen molar-refractivity contribution in [3.05, 3.63) is 70.8 Å². The van der Waals surface area contributed by atoms with Crippen LogP contribution in [0.1, 0.15) is 22.3 Å². The Morgan fingerprint density at radius 1 is 0.818 bits per heavy atom. The first-order chi connectivity index (χ1) is 10.4. The molecule has 0 radical (unpaired) electrons. The summed E-state index contributed by atoms with van der Waals surface area (Å²) in [6.45, 7) is 2.00. The number of halogens is 3. The summed E-state index contributed by atoms with van der Waals surface area (Å²) in [5, 5.41) is 7.80. The van der Waals surface area contributed by atoms with E-state index >= 15 is 0 Å². The van der Waals surface area contributed by atoms with E-state index in [9.17, 15) is 13.2 Å². The van der Waals surface area contributed by atoms with Gasteiger partial charge in [0.2, 0.25) is 0 Å². The first kappa shape index (κ1) is 15.9. The lowest BCUT2D eigenvalue weighted by atomic mass is 10.1. The van der Waals surface area contributed by atoms with Crippen molar-refractivity contribution in [3.8, 4) is 0 Å². The van der Waals surface area contributed by atoms with Crippen molar-refractivity contribution in [1.82, 2.24) is 0 Å². The number of alkyl halides is 3. The maximum absolute atomic E-state index is 12.2. The van der Waals surface area contributed by atoms with Crippen LogP contribution in [0.25, 0.3) is 0 Å². The van der Waals surface area contributed by atoms with Gasteiger partial charge in [0.15, 0.2) is 0 Å². The minimum absolute atomic E-state index is 0.229. The van der Waals surface area contributed by atoms with Crippen LogP contribution in [-0.2, 0) is 6.42 Å². The number of hydrogen-bond acceptors (Lipinski definition) is 2.